The van der Waals surface area contributed by atoms with Crippen molar-refractivity contribution in [2.24, 2.45) is 0 Å². The van der Waals surface area contributed by atoms with Crippen LogP contribution in [0.1, 0.15) is 18.9 Å². The summed E-state index contributed by atoms with van der Waals surface area (Å²) < 4.78 is 5.91. The molecule has 0 spiro atoms. The molecule has 0 N–H and O–H groups in total. The van der Waals surface area contributed by atoms with Crippen LogP contribution in [0.25, 0.3) is 0 Å². The minimum Gasteiger partial charge on any atom is -0.475 e. The zero-order valence-corrected chi connectivity index (χ0v) is 8.86. The van der Waals surface area contributed by atoms with Gasteiger partial charge in [0.05, 0.1) is 0 Å². The van der Waals surface area contributed by atoms with Gasteiger partial charge in [-0.1, -0.05) is 25.1 Å². The number of ether oxygens (including phenoxy) is 1. The maximum Gasteiger partial charge on any atom is 0.152 e. The fourth-order valence-electron chi connectivity index (χ4n) is 1.82. The molecule has 0 radical (unpaired) electrons. The molecule has 0 amide bonds. The van der Waals surface area contributed by atoms with Crippen molar-refractivity contribution >= 4 is 0 Å². The summed E-state index contributed by atoms with van der Waals surface area (Å²) in [4.78, 5) is 2.25. The molecule has 0 saturated heterocycles. The Hall–Kier alpha value is -1.02. The molecule has 2 nitrogen and oxygen atoms in total. The Morgan fingerprint density at radius 3 is 3.00 bits per heavy atom. The second kappa shape index (κ2) is 4.01. The van der Waals surface area contributed by atoms with Gasteiger partial charge in [-0.25, -0.2) is 0 Å². The molecule has 0 saturated carbocycles. The van der Waals surface area contributed by atoms with Crippen LogP contribution in [0, 0.1) is 0 Å². The van der Waals surface area contributed by atoms with Gasteiger partial charge in [0, 0.05) is 6.42 Å². The van der Waals surface area contributed by atoms with Gasteiger partial charge in [0.2, 0.25) is 0 Å². The van der Waals surface area contributed by atoms with Crippen molar-refractivity contribution < 1.29 is 4.74 Å². The van der Waals surface area contributed by atoms with E-state index < -0.39 is 0 Å². The van der Waals surface area contributed by atoms with E-state index in [0.29, 0.717) is 0 Å². The summed E-state index contributed by atoms with van der Waals surface area (Å²) in [7, 11) is 2.11. The number of hydrogen-bond donors (Lipinski definition) is 0. The highest BCUT2D eigenvalue weighted by Gasteiger charge is 2.21. The standard InChI is InChI=1S/C12H17NO/c1-3-13(2)12-9-8-10-6-4-5-7-11(10)14-12/h4-7,12H,3,8-9H2,1-2H3. The van der Waals surface area contributed by atoms with E-state index in [4.69, 9.17) is 4.74 Å². The van der Waals surface area contributed by atoms with Gasteiger partial charge in [0.25, 0.3) is 0 Å². The summed E-state index contributed by atoms with van der Waals surface area (Å²) in [5.41, 5.74) is 1.34. The van der Waals surface area contributed by atoms with Crippen molar-refractivity contribution in [3.05, 3.63) is 29.8 Å². The number of aryl methyl sites for hydroxylation is 1. The van der Waals surface area contributed by atoms with Crippen LogP contribution in [0.5, 0.6) is 5.75 Å². The molecule has 1 unspecified atom stereocenters. The smallest absolute Gasteiger partial charge is 0.152 e. The summed E-state index contributed by atoms with van der Waals surface area (Å²) in [5, 5.41) is 0. The molecular formula is C12H17NO. The van der Waals surface area contributed by atoms with Gasteiger partial charge >= 0.3 is 0 Å². The van der Waals surface area contributed by atoms with Gasteiger partial charge in [0.15, 0.2) is 6.23 Å². The number of fused-ring (bicyclic) bond motifs is 1. The van der Waals surface area contributed by atoms with Crippen molar-refractivity contribution in [3.63, 3.8) is 0 Å². The number of benzene rings is 1. The quantitative estimate of drug-likeness (QED) is 0.711. The molecule has 0 bridgehead atoms. The van der Waals surface area contributed by atoms with Crippen molar-refractivity contribution in [2.45, 2.75) is 26.0 Å². The first-order valence-corrected chi connectivity index (χ1v) is 5.26. The molecule has 1 aliphatic rings. The van der Waals surface area contributed by atoms with Crippen LogP contribution in [-0.4, -0.2) is 24.7 Å². The van der Waals surface area contributed by atoms with E-state index >= 15 is 0 Å². The molecule has 14 heavy (non-hydrogen) atoms. The SMILES string of the molecule is CCN(C)C1CCc2ccccc2O1. The van der Waals surface area contributed by atoms with Crippen LogP contribution in [0.15, 0.2) is 24.3 Å². The molecule has 2 heteroatoms. The van der Waals surface area contributed by atoms with E-state index in [9.17, 15) is 0 Å². The zero-order valence-electron chi connectivity index (χ0n) is 8.86. The first kappa shape index (κ1) is 9.53. The minimum atomic E-state index is 0.259. The topological polar surface area (TPSA) is 12.5 Å². The van der Waals surface area contributed by atoms with Gasteiger partial charge in [0.1, 0.15) is 5.75 Å². The second-order valence-corrected chi connectivity index (χ2v) is 3.79. The predicted octanol–water partition coefficient (Wildman–Crippen LogP) is 2.29. The molecule has 76 valence electrons. The lowest BCUT2D eigenvalue weighted by Crippen LogP contribution is -2.38. The van der Waals surface area contributed by atoms with Crippen LogP contribution in [0.2, 0.25) is 0 Å². The van der Waals surface area contributed by atoms with Gasteiger partial charge in [-0.3, -0.25) is 4.90 Å². The van der Waals surface area contributed by atoms with E-state index in [2.05, 4.69) is 37.1 Å². The van der Waals surface area contributed by atoms with Crippen LogP contribution in [0.4, 0.5) is 0 Å². The van der Waals surface area contributed by atoms with Crippen LogP contribution >= 0.6 is 0 Å². The zero-order chi connectivity index (χ0) is 9.97. The van der Waals surface area contributed by atoms with Crippen LogP contribution in [0.3, 0.4) is 0 Å². The third-order valence-corrected chi connectivity index (χ3v) is 2.89. The molecular weight excluding hydrogens is 174 g/mol. The molecule has 0 aromatic heterocycles. The van der Waals surface area contributed by atoms with E-state index in [-0.39, 0.29) is 6.23 Å². The van der Waals surface area contributed by atoms with Gasteiger partial charge in [-0.05, 0) is 31.6 Å². The van der Waals surface area contributed by atoms with Crippen LogP contribution < -0.4 is 4.74 Å². The summed E-state index contributed by atoms with van der Waals surface area (Å²) in [6, 6.07) is 8.32. The van der Waals surface area contributed by atoms with Crippen molar-refractivity contribution in [2.75, 3.05) is 13.6 Å². The first-order chi connectivity index (χ1) is 6.81. The third-order valence-electron chi connectivity index (χ3n) is 2.89. The fourth-order valence-corrected chi connectivity index (χ4v) is 1.82. The molecule has 1 atom stereocenters. The van der Waals surface area contributed by atoms with Gasteiger partial charge < -0.3 is 4.74 Å². The molecule has 1 aliphatic heterocycles. The Bertz CT molecular complexity index is 311. The molecule has 2 rings (SSSR count). The minimum absolute atomic E-state index is 0.259. The monoisotopic (exact) mass is 191 g/mol. The Labute approximate surface area is 85.5 Å². The Kier molecular flexibility index (Phi) is 2.73. The highest BCUT2D eigenvalue weighted by molar-refractivity contribution is 5.34. The molecule has 0 fully saturated rings. The number of rotatable bonds is 2. The third kappa shape index (κ3) is 1.75. The maximum atomic E-state index is 5.91. The van der Waals surface area contributed by atoms with Crippen LogP contribution in [-0.2, 0) is 6.42 Å². The Morgan fingerprint density at radius 2 is 2.21 bits per heavy atom. The average Bonchev–Trinajstić information content (AvgIpc) is 2.27. The lowest BCUT2D eigenvalue weighted by atomic mass is 10.0. The maximum absolute atomic E-state index is 5.91. The van der Waals surface area contributed by atoms with Gasteiger partial charge in [-0.2, -0.15) is 0 Å². The first-order valence-electron chi connectivity index (χ1n) is 5.26. The van der Waals surface area contributed by atoms with E-state index in [1.54, 1.807) is 0 Å². The van der Waals surface area contributed by atoms with Crippen molar-refractivity contribution in [3.8, 4) is 5.75 Å². The van der Waals surface area contributed by atoms with Gasteiger partial charge in [-0.15, -0.1) is 0 Å². The second-order valence-electron chi connectivity index (χ2n) is 3.79. The number of nitrogens with zero attached hydrogens (tertiary/aromatic N) is 1. The molecule has 1 aromatic carbocycles. The normalized spacial score (nSPS) is 20.4. The van der Waals surface area contributed by atoms with Crippen molar-refractivity contribution in [1.82, 2.24) is 4.90 Å². The molecule has 1 aromatic rings. The number of hydrogen-bond acceptors (Lipinski definition) is 2. The lowest BCUT2D eigenvalue weighted by Gasteiger charge is -2.32. The fraction of sp³-hybridized carbons (Fsp3) is 0.500. The summed E-state index contributed by atoms with van der Waals surface area (Å²) in [6.07, 6.45) is 2.49. The largest absolute Gasteiger partial charge is 0.475 e. The molecule has 1 heterocycles. The molecule has 0 aliphatic carbocycles. The highest BCUT2D eigenvalue weighted by Crippen LogP contribution is 2.27. The summed E-state index contributed by atoms with van der Waals surface area (Å²) in [6.45, 7) is 3.19. The van der Waals surface area contributed by atoms with E-state index in [1.165, 1.54) is 5.56 Å². The van der Waals surface area contributed by atoms with E-state index in [1.807, 2.05) is 6.07 Å². The number of para-hydroxylation sites is 1. The predicted molar refractivity (Wildman–Crippen MR) is 57.5 cm³/mol. The summed E-state index contributed by atoms with van der Waals surface area (Å²) >= 11 is 0. The van der Waals surface area contributed by atoms with E-state index in [0.717, 1.165) is 25.1 Å². The average molecular weight is 191 g/mol. The lowest BCUT2D eigenvalue weighted by molar-refractivity contribution is 0.0316. The Balaban J connectivity index is 2.13. The highest BCUT2D eigenvalue weighted by atomic mass is 16.5. The summed E-state index contributed by atoms with van der Waals surface area (Å²) in [5.74, 6) is 1.06. The van der Waals surface area contributed by atoms with Crippen molar-refractivity contribution in [1.29, 1.82) is 0 Å². The Morgan fingerprint density at radius 1 is 1.43 bits per heavy atom.